The number of nitrogens with one attached hydrogen (secondary N) is 1. The average Bonchev–Trinajstić information content (AvgIpc) is 2.51. The summed E-state index contributed by atoms with van der Waals surface area (Å²) < 4.78 is 1.10. The Bertz CT molecular complexity index is 319. The summed E-state index contributed by atoms with van der Waals surface area (Å²) in [5.74, 6) is 0.106. The molecule has 1 aromatic rings. The van der Waals surface area contributed by atoms with Crippen molar-refractivity contribution >= 4 is 45.6 Å². The summed E-state index contributed by atoms with van der Waals surface area (Å²) in [4.78, 5) is 13.1. The molecule has 1 aromatic heterocycles. The molecule has 0 bridgehead atoms. The number of amides is 1. The van der Waals surface area contributed by atoms with E-state index in [0.29, 0.717) is 13.1 Å². The van der Waals surface area contributed by atoms with Gasteiger partial charge in [0.1, 0.15) is 0 Å². The van der Waals surface area contributed by atoms with E-state index in [0.717, 1.165) is 9.35 Å². The van der Waals surface area contributed by atoms with Gasteiger partial charge in [0, 0.05) is 13.6 Å². The number of likely N-dealkylation sites (N-methyl/N-ethyl adjacent to an activating group) is 2. The highest BCUT2D eigenvalue weighted by Crippen LogP contribution is 2.21. The van der Waals surface area contributed by atoms with Gasteiger partial charge in [0.05, 0.1) is 10.3 Å². The zero-order valence-electron chi connectivity index (χ0n) is 8.62. The Morgan fingerprint density at radius 1 is 1.67 bits per heavy atom. The van der Waals surface area contributed by atoms with Gasteiger partial charge in [-0.1, -0.05) is 0 Å². The quantitative estimate of drug-likeness (QED) is 0.923. The highest BCUT2D eigenvalue weighted by molar-refractivity contribution is 9.11. The molecule has 3 nitrogen and oxygen atoms in total. The van der Waals surface area contributed by atoms with Crippen molar-refractivity contribution in [3.8, 4) is 0 Å². The van der Waals surface area contributed by atoms with Gasteiger partial charge in [0.25, 0.3) is 0 Å². The lowest BCUT2D eigenvalue weighted by Crippen LogP contribution is -2.33. The molecule has 0 unspecified atom stereocenters. The fraction of sp³-hybridized carbons (Fsp3) is 0.444. The molecular formula is C9H14BrClN2OS. The molecule has 0 aliphatic heterocycles. The molecule has 0 fully saturated rings. The third-order valence-corrected chi connectivity index (χ3v) is 3.35. The zero-order chi connectivity index (χ0) is 10.6. The lowest BCUT2D eigenvalue weighted by Gasteiger charge is -2.15. The number of hydrogen-bond donors (Lipinski definition) is 1. The second kappa shape index (κ2) is 7.22. The Hall–Kier alpha value is -0.100. The molecular weight excluding hydrogens is 300 g/mol. The molecule has 0 atom stereocenters. The summed E-state index contributed by atoms with van der Waals surface area (Å²) in [5, 5.41) is 4.89. The van der Waals surface area contributed by atoms with Crippen LogP contribution in [0, 0.1) is 0 Å². The fourth-order valence-electron chi connectivity index (χ4n) is 1.08. The van der Waals surface area contributed by atoms with Crippen LogP contribution >= 0.6 is 39.7 Å². The fourth-order valence-corrected chi connectivity index (χ4v) is 2.28. The first-order chi connectivity index (χ1) is 6.63. The predicted molar refractivity (Wildman–Crippen MR) is 69.7 cm³/mol. The van der Waals surface area contributed by atoms with E-state index in [1.165, 1.54) is 0 Å². The molecule has 1 N–H and O–H groups in total. The molecule has 0 radical (unpaired) electrons. The largest absolute Gasteiger partial charge is 0.340 e. The van der Waals surface area contributed by atoms with Crippen molar-refractivity contribution in [2.24, 2.45) is 0 Å². The summed E-state index contributed by atoms with van der Waals surface area (Å²) in [7, 11) is 3.58. The number of thiophene rings is 1. The van der Waals surface area contributed by atoms with Gasteiger partial charge in [-0.25, -0.2) is 0 Å². The Kier molecular flexibility index (Phi) is 7.17. The van der Waals surface area contributed by atoms with E-state index in [1.54, 1.807) is 23.3 Å². The van der Waals surface area contributed by atoms with E-state index in [2.05, 4.69) is 21.2 Å². The third kappa shape index (κ3) is 4.97. The Labute approximate surface area is 108 Å². The molecule has 0 saturated heterocycles. The van der Waals surface area contributed by atoms with E-state index in [9.17, 15) is 4.79 Å². The summed E-state index contributed by atoms with van der Waals surface area (Å²) >= 11 is 5.03. The van der Waals surface area contributed by atoms with Crippen molar-refractivity contribution in [3.63, 3.8) is 0 Å². The van der Waals surface area contributed by atoms with E-state index < -0.39 is 0 Å². The maximum Gasteiger partial charge on any atom is 0.236 e. The Morgan fingerprint density at radius 2 is 2.33 bits per heavy atom. The summed E-state index contributed by atoms with van der Waals surface area (Å²) in [6.45, 7) is 1.06. The molecule has 1 amide bonds. The lowest BCUT2D eigenvalue weighted by atomic mass is 10.3. The minimum absolute atomic E-state index is 0. The molecule has 86 valence electrons. The molecule has 0 saturated carbocycles. The maximum absolute atomic E-state index is 11.4. The van der Waals surface area contributed by atoms with Gasteiger partial charge in [-0.05, 0) is 40.0 Å². The van der Waals surface area contributed by atoms with E-state index in [1.807, 2.05) is 18.5 Å². The first-order valence-electron chi connectivity index (χ1n) is 4.25. The van der Waals surface area contributed by atoms with Crippen LogP contribution in [0.3, 0.4) is 0 Å². The average molecular weight is 314 g/mol. The third-order valence-electron chi connectivity index (χ3n) is 1.80. The molecule has 0 spiro atoms. The molecule has 0 aromatic carbocycles. The van der Waals surface area contributed by atoms with Crippen molar-refractivity contribution in [2.75, 3.05) is 20.6 Å². The van der Waals surface area contributed by atoms with Crippen LogP contribution in [0.2, 0.25) is 0 Å². The minimum atomic E-state index is 0. The number of carbonyl (C=O) groups is 1. The smallest absolute Gasteiger partial charge is 0.236 e. The van der Waals surface area contributed by atoms with Crippen LogP contribution in [0.15, 0.2) is 15.2 Å². The van der Waals surface area contributed by atoms with Crippen LogP contribution < -0.4 is 5.32 Å². The lowest BCUT2D eigenvalue weighted by molar-refractivity contribution is -0.129. The Balaban J connectivity index is 0.00000196. The van der Waals surface area contributed by atoms with E-state index >= 15 is 0 Å². The van der Waals surface area contributed by atoms with Crippen LogP contribution in [0.1, 0.15) is 5.56 Å². The van der Waals surface area contributed by atoms with Gasteiger partial charge in [-0.2, -0.15) is 0 Å². The number of carbonyl (C=O) groups excluding carboxylic acids is 1. The minimum Gasteiger partial charge on any atom is -0.340 e. The topological polar surface area (TPSA) is 32.3 Å². The van der Waals surface area contributed by atoms with Crippen LogP contribution in [0.5, 0.6) is 0 Å². The van der Waals surface area contributed by atoms with Gasteiger partial charge >= 0.3 is 0 Å². The molecule has 0 aliphatic rings. The van der Waals surface area contributed by atoms with E-state index in [4.69, 9.17) is 0 Å². The monoisotopic (exact) mass is 312 g/mol. The molecule has 0 aliphatic carbocycles. The standard InChI is InChI=1S/C9H13BrN2OS.ClH/c1-11-4-9(13)12(2)5-7-3-8(10)14-6-7;/h3,6,11H,4-5H2,1-2H3;1H. The normalized spacial score (nSPS) is 9.53. The van der Waals surface area contributed by atoms with Gasteiger partial charge in [0.2, 0.25) is 5.91 Å². The zero-order valence-corrected chi connectivity index (χ0v) is 11.8. The number of halogens is 2. The van der Waals surface area contributed by atoms with Crippen molar-refractivity contribution in [1.29, 1.82) is 0 Å². The van der Waals surface area contributed by atoms with Crippen LogP contribution in [-0.2, 0) is 11.3 Å². The predicted octanol–water partition coefficient (Wildman–Crippen LogP) is 2.11. The van der Waals surface area contributed by atoms with Crippen LogP contribution in [0.25, 0.3) is 0 Å². The van der Waals surface area contributed by atoms with Gasteiger partial charge in [-0.3, -0.25) is 4.79 Å². The number of rotatable bonds is 4. The molecule has 15 heavy (non-hydrogen) atoms. The number of nitrogens with zero attached hydrogens (tertiary/aromatic N) is 1. The Morgan fingerprint density at radius 3 is 2.80 bits per heavy atom. The molecule has 6 heteroatoms. The van der Waals surface area contributed by atoms with Gasteiger partial charge in [-0.15, -0.1) is 23.7 Å². The molecule has 1 rings (SSSR count). The van der Waals surface area contributed by atoms with Gasteiger partial charge < -0.3 is 10.2 Å². The van der Waals surface area contributed by atoms with Crippen molar-refractivity contribution in [1.82, 2.24) is 10.2 Å². The number of hydrogen-bond acceptors (Lipinski definition) is 3. The van der Waals surface area contributed by atoms with Crippen LogP contribution in [-0.4, -0.2) is 31.4 Å². The van der Waals surface area contributed by atoms with Crippen molar-refractivity contribution in [3.05, 3.63) is 20.8 Å². The SMILES string of the molecule is CNCC(=O)N(C)Cc1csc(Br)c1.Cl. The van der Waals surface area contributed by atoms with E-state index in [-0.39, 0.29) is 18.3 Å². The van der Waals surface area contributed by atoms with Crippen molar-refractivity contribution < 1.29 is 4.79 Å². The summed E-state index contributed by atoms with van der Waals surface area (Å²) in [6, 6.07) is 2.04. The van der Waals surface area contributed by atoms with Gasteiger partial charge in [0.15, 0.2) is 0 Å². The molecule has 1 heterocycles. The van der Waals surface area contributed by atoms with Crippen molar-refractivity contribution in [2.45, 2.75) is 6.54 Å². The highest BCUT2D eigenvalue weighted by Gasteiger charge is 2.08. The van der Waals surface area contributed by atoms with Crippen LogP contribution in [0.4, 0.5) is 0 Å². The second-order valence-corrected chi connectivity index (χ2v) is 5.33. The summed E-state index contributed by atoms with van der Waals surface area (Å²) in [5.41, 5.74) is 1.16. The highest BCUT2D eigenvalue weighted by atomic mass is 79.9. The summed E-state index contributed by atoms with van der Waals surface area (Å²) in [6.07, 6.45) is 0. The first-order valence-corrected chi connectivity index (χ1v) is 5.92. The maximum atomic E-state index is 11.4. The second-order valence-electron chi connectivity index (χ2n) is 3.04. The first kappa shape index (κ1) is 14.9.